The van der Waals surface area contributed by atoms with Crippen LogP contribution in [0.25, 0.3) is 0 Å². The van der Waals surface area contributed by atoms with Gasteiger partial charge in [-0.2, -0.15) is 0 Å². The number of rotatable bonds is 4. The van der Waals surface area contributed by atoms with Crippen LogP contribution in [0.3, 0.4) is 0 Å². The highest BCUT2D eigenvalue weighted by atomic mass is 16.3. The number of aromatic nitrogens is 1. The summed E-state index contributed by atoms with van der Waals surface area (Å²) in [7, 11) is 0. The summed E-state index contributed by atoms with van der Waals surface area (Å²) in [6, 6.07) is 1.78. The number of carbonyl (C=O) groups is 1. The molecule has 1 atom stereocenters. The van der Waals surface area contributed by atoms with Crippen LogP contribution in [0.15, 0.2) is 18.5 Å². The van der Waals surface area contributed by atoms with Crippen LogP contribution in [0.5, 0.6) is 0 Å². The molecule has 0 aliphatic carbocycles. The Balaban J connectivity index is 2.47. The van der Waals surface area contributed by atoms with E-state index in [9.17, 15) is 4.79 Å². The van der Waals surface area contributed by atoms with E-state index in [1.807, 2.05) is 6.92 Å². The molecule has 2 N–H and O–H groups in total. The topological polar surface area (TPSA) is 62.2 Å². The van der Waals surface area contributed by atoms with Crippen LogP contribution in [-0.4, -0.2) is 28.6 Å². The Morgan fingerprint density at radius 3 is 2.93 bits per heavy atom. The van der Waals surface area contributed by atoms with Crippen molar-refractivity contribution in [2.45, 2.75) is 26.4 Å². The first kappa shape index (κ1) is 11.7. The summed E-state index contributed by atoms with van der Waals surface area (Å²) >= 11 is 0. The van der Waals surface area contributed by atoms with E-state index in [-0.39, 0.29) is 12.0 Å². The predicted molar refractivity (Wildman–Crippen MR) is 57.6 cm³/mol. The van der Waals surface area contributed by atoms with Gasteiger partial charge in [-0.1, -0.05) is 0 Å². The highest BCUT2D eigenvalue weighted by Crippen LogP contribution is 2.00. The van der Waals surface area contributed by atoms with Gasteiger partial charge in [0.1, 0.15) is 0 Å². The molecular weight excluding hydrogens is 192 g/mol. The van der Waals surface area contributed by atoms with Crippen LogP contribution in [0, 0.1) is 6.92 Å². The summed E-state index contributed by atoms with van der Waals surface area (Å²) in [5.74, 6) is -0.146. The molecule has 1 rings (SSSR count). The van der Waals surface area contributed by atoms with Crippen LogP contribution in [0.2, 0.25) is 0 Å². The van der Waals surface area contributed by atoms with Crippen molar-refractivity contribution in [1.29, 1.82) is 0 Å². The quantitative estimate of drug-likeness (QED) is 0.772. The number of aliphatic hydroxyl groups is 1. The van der Waals surface area contributed by atoms with E-state index in [1.54, 1.807) is 19.2 Å². The molecule has 0 saturated carbocycles. The fourth-order valence-electron chi connectivity index (χ4n) is 1.18. The van der Waals surface area contributed by atoms with Crippen molar-refractivity contribution < 1.29 is 9.90 Å². The Morgan fingerprint density at radius 2 is 2.33 bits per heavy atom. The smallest absolute Gasteiger partial charge is 0.252 e. The molecule has 1 heterocycles. The Morgan fingerprint density at radius 1 is 1.60 bits per heavy atom. The molecule has 82 valence electrons. The summed E-state index contributed by atoms with van der Waals surface area (Å²) in [5.41, 5.74) is 1.51. The van der Waals surface area contributed by atoms with Crippen molar-refractivity contribution in [2.75, 3.05) is 6.54 Å². The molecule has 1 unspecified atom stereocenters. The minimum atomic E-state index is -0.388. The van der Waals surface area contributed by atoms with Crippen molar-refractivity contribution >= 4 is 5.91 Å². The summed E-state index contributed by atoms with van der Waals surface area (Å²) in [5, 5.41) is 11.7. The van der Waals surface area contributed by atoms with Gasteiger partial charge in [-0.3, -0.25) is 9.78 Å². The fraction of sp³-hybridized carbons (Fsp3) is 0.455. The van der Waals surface area contributed by atoms with E-state index in [4.69, 9.17) is 5.11 Å². The molecule has 0 bridgehead atoms. The third-order valence-electron chi connectivity index (χ3n) is 1.98. The second-order valence-corrected chi connectivity index (χ2v) is 3.64. The van der Waals surface area contributed by atoms with Crippen molar-refractivity contribution in [2.24, 2.45) is 0 Å². The number of carbonyl (C=O) groups excluding carboxylic acids is 1. The number of hydrogen-bond acceptors (Lipinski definition) is 3. The molecule has 15 heavy (non-hydrogen) atoms. The van der Waals surface area contributed by atoms with Gasteiger partial charge in [0.2, 0.25) is 0 Å². The fourth-order valence-corrected chi connectivity index (χ4v) is 1.18. The minimum absolute atomic E-state index is 0.146. The second kappa shape index (κ2) is 5.46. The monoisotopic (exact) mass is 208 g/mol. The maximum absolute atomic E-state index is 11.5. The van der Waals surface area contributed by atoms with Crippen molar-refractivity contribution in [1.82, 2.24) is 10.3 Å². The number of hydrogen-bond donors (Lipinski definition) is 2. The summed E-state index contributed by atoms with van der Waals surface area (Å²) < 4.78 is 0. The summed E-state index contributed by atoms with van der Waals surface area (Å²) in [6.45, 7) is 4.06. The van der Waals surface area contributed by atoms with E-state index in [2.05, 4.69) is 10.3 Å². The van der Waals surface area contributed by atoms with Gasteiger partial charge in [-0.05, 0) is 31.9 Å². The molecule has 0 aliphatic rings. The van der Waals surface area contributed by atoms with Gasteiger partial charge in [0, 0.05) is 18.9 Å². The molecule has 0 radical (unpaired) electrons. The lowest BCUT2D eigenvalue weighted by atomic mass is 10.2. The first-order valence-corrected chi connectivity index (χ1v) is 4.97. The standard InChI is InChI=1S/C11H16N2O2/c1-8-5-10(7-12-6-8)11(15)13-4-3-9(2)14/h5-7,9,14H,3-4H2,1-2H3,(H,13,15). The lowest BCUT2D eigenvalue weighted by molar-refractivity contribution is 0.0945. The molecule has 0 spiro atoms. The van der Waals surface area contributed by atoms with Crippen molar-refractivity contribution in [3.05, 3.63) is 29.6 Å². The minimum Gasteiger partial charge on any atom is -0.393 e. The largest absolute Gasteiger partial charge is 0.393 e. The van der Waals surface area contributed by atoms with E-state index in [0.29, 0.717) is 18.5 Å². The maximum atomic E-state index is 11.5. The van der Waals surface area contributed by atoms with E-state index in [0.717, 1.165) is 5.56 Å². The number of pyridine rings is 1. The van der Waals surface area contributed by atoms with Crippen LogP contribution in [-0.2, 0) is 0 Å². The number of amides is 1. The SMILES string of the molecule is Cc1cncc(C(=O)NCCC(C)O)c1. The number of nitrogens with zero attached hydrogens (tertiary/aromatic N) is 1. The van der Waals surface area contributed by atoms with Gasteiger partial charge in [0.25, 0.3) is 5.91 Å². The Bertz CT molecular complexity index is 337. The lowest BCUT2D eigenvalue weighted by Gasteiger charge is -2.06. The zero-order valence-corrected chi connectivity index (χ0v) is 9.03. The maximum Gasteiger partial charge on any atom is 0.252 e. The molecule has 0 fully saturated rings. The van der Waals surface area contributed by atoms with Gasteiger partial charge in [0.05, 0.1) is 11.7 Å². The van der Waals surface area contributed by atoms with Crippen LogP contribution in [0.1, 0.15) is 29.3 Å². The summed E-state index contributed by atoms with van der Waals surface area (Å²) in [6.07, 6.45) is 3.41. The first-order chi connectivity index (χ1) is 7.09. The molecule has 0 saturated heterocycles. The molecule has 1 aromatic heterocycles. The molecule has 1 aromatic rings. The third-order valence-corrected chi connectivity index (χ3v) is 1.98. The van der Waals surface area contributed by atoms with Gasteiger partial charge in [0.15, 0.2) is 0 Å². The zero-order valence-electron chi connectivity index (χ0n) is 9.03. The predicted octanol–water partition coefficient (Wildman–Crippen LogP) is 0.891. The highest BCUT2D eigenvalue weighted by molar-refractivity contribution is 5.93. The van der Waals surface area contributed by atoms with Crippen LogP contribution >= 0.6 is 0 Å². The van der Waals surface area contributed by atoms with Crippen molar-refractivity contribution in [3.8, 4) is 0 Å². The molecule has 4 nitrogen and oxygen atoms in total. The first-order valence-electron chi connectivity index (χ1n) is 4.97. The third kappa shape index (κ3) is 4.08. The lowest BCUT2D eigenvalue weighted by Crippen LogP contribution is -2.26. The molecule has 1 amide bonds. The summed E-state index contributed by atoms with van der Waals surface area (Å²) in [4.78, 5) is 15.5. The van der Waals surface area contributed by atoms with Gasteiger partial charge in [-0.15, -0.1) is 0 Å². The molecular formula is C11H16N2O2. The van der Waals surface area contributed by atoms with Crippen molar-refractivity contribution in [3.63, 3.8) is 0 Å². The highest BCUT2D eigenvalue weighted by Gasteiger charge is 2.05. The zero-order chi connectivity index (χ0) is 11.3. The Kier molecular flexibility index (Phi) is 4.24. The number of aliphatic hydroxyl groups excluding tert-OH is 1. The molecule has 4 heteroatoms. The Labute approximate surface area is 89.3 Å². The molecule has 0 aromatic carbocycles. The molecule has 0 aliphatic heterocycles. The van der Waals surface area contributed by atoms with E-state index >= 15 is 0 Å². The number of aryl methyl sites for hydroxylation is 1. The average Bonchev–Trinajstić information content (AvgIpc) is 2.17. The van der Waals surface area contributed by atoms with E-state index < -0.39 is 0 Å². The van der Waals surface area contributed by atoms with Gasteiger partial charge >= 0.3 is 0 Å². The number of nitrogens with one attached hydrogen (secondary N) is 1. The van der Waals surface area contributed by atoms with Gasteiger partial charge < -0.3 is 10.4 Å². The van der Waals surface area contributed by atoms with E-state index in [1.165, 1.54) is 6.20 Å². The normalized spacial score (nSPS) is 12.2. The van der Waals surface area contributed by atoms with Crippen LogP contribution < -0.4 is 5.32 Å². The Hall–Kier alpha value is -1.42. The van der Waals surface area contributed by atoms with Gasteiger partial charge in [-0.25, -0.2) is 0 Å². The van der Waals surface area contributed by atoms with Crippen LogP contribution in [0.4, 0.5) is 0 Å². The average molecular weight is 208 g/mol. The second-order valence-electron chi connectivity index (χ2n) is 3.64.